The molecule has 0 fully saturated rings. The fourth-order valence-electron chi connectivity index (χ4n) is 2.62. The van der Waals surface area contributed by atoms with Crippen LogP contribution in [0.5, 0.6) is 0 Å². The monoisotopic (exact) mass is 406 g/mol. The molecule has 5 nitrogen and oxygen atoms in total. The van der Waals surface area contributed by atoms with Crippen LogP contribution in [0.3, 0.4) is 0 Å². The summed E-state index contributed by atoms with van der Waals surface area (Å²) in [6, 6.07) is 8.91. The lowest BCUT2D eigenvalue weighted by molar-refractivity contribution is -0.120. The highest BCUT2D eigenvalue weighted by Gasteiger charge is 2.35. The molecule has 0 bridgehead atoms. The Morgan fingerprint density at radius 3 is 2.92 bits per heavy atom. The number of pyridine rings is 1. The lowest BCUT2D eigenvalue weighted by Crippen LogP contribution is -2.25. The zero-order chi connectivity index (χ0) is 18.7. The van der Waals surface area contributed by atoms with Gasteiger partial charge in [-0.3, -0.25) is 14.3 Å². The van der Waals surface area contributed by atoms with Gasteiger partial charge in [0.1, 0.15) is 5.66 Å². The second-order valence-corrected chi connectivity index (χ2v) is 9.56. The molecule has 3 rings (SSSR count). The molecule has 2 atom stereocenters. The number of halogens is 1. The van der Waals surface area contributed by atoms with Gasteiger partial charge in [-0.25, -0.2) is 0 Å². The van der Waals surface area contributed by atoms with E-state index in [4.69, 9.17) is 11.6 Å². The summed E-state index contributed by atoms with van der Waals surface area (Å²) in [5.41, 5.74) is 0.141. The number of hydrogen-bond acceptors (Lipinski definition) is 4. The second kappa shape index (κ2) is 7.72. The lowest BCUT2D eigenvalue weighted by atomic mass is 10.1. The first kappa shape index (κ1) is 18.8. The number of benzene rings is 1. The summed E-state index contributed by atoms with van der Waals surface area (Å²) in [6.45, 7) is 1.19. The molecule has 2 N–H and O–H groups in total. The Morgan fingerprint density at radius 1 is 1.42 bits per heavy atom. The number of carbonyl (C=O) groups excluding carboxylic acids is 1. The standard InChI is InChI=1S/C18H16ClN2O3PS/c1-25(23,24)17(15-11-26-16-5-4-13(19)9-14(15)16)18(22)21-8-6-12-3-2-7-20-10-12/h2-11,17H,1H3,(H,21,22)(H,23,24)/b8-6+. The molecule has 0 saturated carbocycles. The van der Waals surface area contributed by atoms with E-state index in [0.717, 1.165) is 15.6 Å². The van der Waals surface area contributed by atoms with Crippen molar-refractivity contribution in [3.05, 3.63) is 70.5 Å². The Morgan fingerprint density at radius 2 is 2.23 bits per heavy atom. The van der Waals surface area contributed by atoms with Crippen LogP contribution in [-0.2, 0) is 9.36 Å². The number of fused-ring (bicyclic) bond motifs is 1. The molecule has 26 heavy (non-hydrogen) atoms. The summed E-state index contributed by atoms with van der Waals surface area (Å²) >= 11 is 7.46. The van der Waals surface area contributed by atoms with Crippen molar-refractivity contribution in [1.82, 2.24) is 10.3 Å². The topological polar surface area (TPSA) is 79.3 Å². The van der Waals surface area contributed by atoms with Crippen molar-refractivity contribution in [1.29, 1.82) is 0 Å². The summed E-state index contributed by atoms with van der Waals surface area (Å²) in [6.07, 6.45) is 6.41. The van der Waals surface area contributed by atoms with Gasteiger partial charge in [-0.1, -0.05) is 17.7 Å². The first-order valence-corrected chi connectivity index (χ1v) is 11.1. The first-order valence-electron chi connectivity index (χ1n) is 7.70. The van der Waals surface area contributed by atoms with E-state index in [1.165, 1.54) is 24.2 Å². The maximum atomic E-state index is 12.7. The van der Waals surface area contributed by atoms with Crippen LogP contribution in [0, 0.1) is 0 Å². The first-order chi connectivity index (χ1) is 12.4. The van der Waals surface area contributed by atoms with Gasteiger partial charge in [-0.15, -0.1) is 11.3 Å². The Kier molecular flexibility index (Phi) is 5.58. The number of nitrogens with zero attached hydrogens (tertiary/aromatic N) is 1. The fraction of sp³-hybridized carbons (Fsp3) is 0.111. The fourth-order valence-corrected chi connectivity index (χ4v) is 5.10. The largest absolute Gasteiger partial charge is 0.344 e. The minimum absolute atomic E-state index is 0.508. The van der Waals surface area contributed by atoms with E-state index in [0.29, 0.717) is 10.6 Å². The van der Waals surface area contributed by atoms with Crippen LogP contribution >= 0.6 is 30.3 Å². The predicted molar refractivity (Wildman–Crippen MR) is 107 cm³/mol. The van der Waals surface area contributed by atoms with E-state index in [1.54, 1.807) is 42.0 Å². The molecule has 1 aromatic carbocycles. The van der Waals surface area contributed by atoms with Gasteiger partial charge in [0, 0.05) is 35.0 Å². The number of hydrogen-bond donors (Lipinski definition) is 2. The minimum Gasteiger partial charge on any atom is -0.344 e. The van der Waals surface area contributed by atoms with Crippen LogP contribution in [0.1, 0.15) is 16.8 Å². The van der Waals surface area contributed by atoms with Gasteiger partial charge in [-0.2, -0.15) is 0 Å². The second-order valence-electron chi connectivity index (χ2n) is 5.81. The number of amides is 1. The van der Waals surface area contributed by atoms with Crippen LogP contribution in [0.15, 0.2) is 54.3 Å². The Bertz CT molecular complexity index is 1010. The highest BCUT2D eigenvalue weighted by Crippen LogP contribution is 2.54. The quantitative estimate of drug-likeness (QED) is 0.603. The molecule has 0 aliphatic rings. The predicted octanol–water partition coefficient (Wildman–Crippen LogP) is 4.68. The number of carbonyl (C=O) groups is 1. The molecule has 3 aromatic rings. The molecule has 0 aliphatic heterocycles. The van der Waals surface area contributed by atoms with Crippen molar-refractivity contribution < 1.29 is 14.3 Å². The molecule has 2 aromatic heterocycles. The summed E-state index contributed by atoms with van der Waals surface area (Å²) < 4.78 is 13.4. The molecule has 0 radical (unpaired) electrons. The van der Waals surface area contributed by atoms with E-state index in [2.05, 4.69) is 10.3 Å². The molecule has 134 valence electrons. The Balaban J connectivity index is 1.91. The summed E-state index contributed by atoms with van der Waals surface area (Å²) in [7, 11) is -3.75. The van der Waals surface area contributed by atoms with E-state index in [-0.39, 0.29) is 0 Å². The van der Waals surface area contributed by atoms with Crippen LogP contribution in [0.4, 0.5) is 0 Å². The van der Waals surface area contributed by atoms with Gasteiger partial charge in [-0.05, 0) is 52.2 Å². The third-order valence-electron chi connectivity index (χ3n) is 3.77. The van der Waals surface area contributed by atoms with Gasteiger partial charge >= 0.3 is 0 Å². The number of nitrogens with one attached hydrogen (secondary N) is 1. The number of thiophene rings is 1. The van der Waals surface area contributed by atoms with Gasteiger partial charge in [0.25, 0.3) is 0 Å². The molecule has 2 unspecified atom stereocenters. The van der Waals surface area contributed by atoms with Crippen molar-refractivity contribution in [2.24, 2.45) is 0 Å². The Hall–Kier alpha value is -1.98. The average molecular weight is 407 g/mol. The third kappa shape index (κ3) is 4.22. The van der Waals surface area contributed by atoms with E-state index in [1.807, 2.05) is 12.1 Å². The molecule has 8 heteroatoms. The summed E-state index contributed by atoms with van der Waals surface area (Å²) in [5.74, 6) is -0.543. The molecule has 0 saturated heterocycles. The highest BCUT2D eigenvalue weighted by atomic mass is 35.5. The van der Waals surface area contributed by atoms with Crippen molar-refractivity contribution in [3.63, 3.8) is 0 Å². The molecule has 0 spiro atoms. The molecular weight excluding hydrogens is 391 g/mol. The molecular formula is C18H16ClN2O3PS. The summed E-state index contributed by atoms with van der Waals surface area (Å²) in [4.78, 5) is 26.8. The maximum Gasteiger partial charge on any atom is 0.241 e. The van der Waals surface area contributed by atoms with E-state index < -0.39 is 18.9 Å². The third-order valence-corrected chi connectivity index (χ3v) is 6.46. The summed E-state index contributed by atoms with van der Waals surface area (Å²) in [5, 5.41) is 5.56. The lowest BCUT2D eigenvalue weighted by Gasteiger charge is -2.18. The maximum absolute atomic E-state index is 12.7. The van der Waals surface area contributed by atoms with Gasteiger partial charge < -0.3 is 10.2 Å². The van der Waals surface area contributed by atoms with Gasteiger partial charge in [0.05, 0.1) is 0 Å². The number of aromatic nitrogens is 1. The van der Waals surface area contributed by atoms with Crippen molar-refractivity contribution in [3.8, 4) is 0 Å². The van der Waals surface area contributed by atoms with Crippen molar-refractivity contribution in [2.45, 2.75) is 5.66 Å². The average Bonchev–Trinajstić information content (AvgIpc) is 2.97. The zero-order valence-corrected chi connectivity index (χ0v) is 16.3. The Labute approximate surface area is 159 Å². The molecule has 2 heterocycles. The van der Waals surface area contributed by atoms with Crippen LogP contribution in [-0.4, -0.2) is 22.4 Å². The van der Waals surface area contributed by atoms with Crippen LogP contribution in [0.25, 0.3) is 16.2 Å². The van der Waals surface area contributed by atoms with Crippen molar-refractivity contribution >= 4 is 52.4 Å². The SMILES string of the molecule is CP(=O)(O)C(C(=O)N/C=C/c1cccnc1)c1csc2ccc(Cl)cc12. The molecule has 0 aliphatic carbocycles. The highest BCUT2D eigenvalue weighted by molar-refractivity contribution is 7.58. The van der Waals surface area contributed by atoms with Gasteiger partial charge in [0.15, 0.2) is 0 Å². The minimum atomic E-state index is -3.75. The van der Waals surface area contributed by atoms with E-state index in [9.17, 15) is 14.3 Å². The van der Waals surface area contributed by atoms with Crippen molar-refractivity contribution in [2.75, 3.05) is 6.66 Å². The normalized spacial score (nSPS) is 15.0. The molecule has 1 amide bonds. The zero-order valence-electron chi connectivity index (χ0n) is 13.8. The van der Waals surface area contributed by atoms with Crippen LogP contribution < -0.4 is 5.32 Å². The van der Waals surface area contributed by atoms with E-state index >= 15 is 0 Å². The smallest absolute Gasteiger partial charge is 0.241 e. The van der Waals surface area contributed by atoms with Crippen LogP contribution in [0.2, 0.25) is 5.02 Å². The number of rotatable bonds is 5. The van der Waals surface area contributed by atoms with Gasteiger partial charge in [0.2, 0.25) is 13.3 Å².